The largest absolute Gasteiger partial charge is 0.343 e. The first-order valence-electron chi connectivity index (χ1n) is 6.82. The van der Waals surface area contributed by atoms with E-state index >= 15 is 0 Å². The van der Waals surface area contributed by atoms with Gasteiger partial charge in [0.2, 0.25) is 6.39 Å². The molecule has 0 amide bonds. The third-order valence-corrected chi connectivity index (χ3v) is 4.97. The summed E-state index contributed by atoms with van der Waals surface area (Å²) in [5.74, 6) is 0.884. The van der Waals surface area contributed by atoms with Gasteiger partial charge in [-0.2, -0.15) is 22.4 Å². The molecule has 1 aliphatic heterocycles. The Hall–Kier alpha value is -1.03. The summed E-state index contributed by atoms with van der Waals surface area (Å²) in [5.41, 5.74) is 0. The zero-order valence-electron chi connectivity index (χ0n) is 11.6. The molecule has 1 aliphatic rings. The number of nitrogens with zero attached hydrogens (tertiary/aromatic N) is 3. The van der Waals surface area contributed by atoms with E-state index in [1.54, 1.807) is 0 Å². The normalized spacial score (nSPS) is 18.4. The highest BCUT2D eigenvalue weighted by Crippen LogP contribution is 2.18. The molecule has 20 heavy (non-hydrogen) atoms. The lowest BCUT2D eigenvalue weighted by Crippen LogP contribution is -2.45. The van der Waals surface area contributed by atoms with E-state index in [-0.39, 0.29) is 6.54 Å². The van der Waals surface area contributed by atoms with Crippen LogP contribution in [0.3, 0.4) is 0 Å². The predicted octanol–water partition coefficient (Wildman–Crippen LogP) is -0.274. The Kier molecular flexibility index (Phi) is 5.46. The first-order valence-corrected chi connectivity index (χ1v) is 8.26. The second-order valence-electron chi connectivity index (χ2n) is 4.82. The monoisotopic (exact) mass is 303 g/mol. The van der Waals surface area contributed by atoms with Crippen molar-refractivity contribution >= 4 is 10.2 Å². The first kappa shape index (κ1) is 15.4. The minimum absolute atomic E-state index is 0.0517. The maximum Gasteiger partial charge on any atom is 0.279 e. The molecular formula is C11H21N5O3S. The second-order valence-corrected chi connectivity index (χ2v) is 6.58. The summed E-state index contributed by atoms with van der Waals surface area (Å²) in [4.78, 5) is 3.78. The van der Waals surface area contributed by atoms with Crippen molar-refractivity contribution in [2.75, 3.05) is 26.2 Å². The molecule has 1 saturated heterocycles. The molecule has 1 aromatic heterocycles. The average Bonchev–Trinajstić information content (AvgIpc) is 2.97. The van der Waals surface area contributed by atoms with Crippen molar-refractivity contribution in [2.45, 2.75) is 26.3 Å². The molecule has 0 unspecified atom stereocenters. The number of aromatic nitrogens is 2. The summed E-state index contributed by atoms with van der Waals surface area (Å²) >= 11 is 0. The van der Waals surface area contributed by atoms with Gasteiger partial charge < -0.3 is 9.84 Å². The van der Waals surface area contributed by atoms with E-state index in [9.17, 15) is 8.42 Å². The fourth-order valence-electron chi connectivity index (χ4n) is 2.22. The third kappa shape index (κ3) is 4.23. The number of hydrogen-bond donors (Lipinski definition) is 2. The highest BCUT2D eigenvalue weighted by atomic mass is 32.2. The second kappa shape index (κ2) is 7.11. The molecule has 0 aromatic carbocycles. The van der Waals surface area contributed by atoms with Crippen molar-refractivity contribution in [3.8, 4) is 0 Å². The third-order valence-electron chi connectivity index (χ3n) is 3.42. The van der Waals surface area contributed by atoms with Crippen LogP contribution in [-0.2, 0) is 16.8 Å². The van der Waals surface area contributed by atoms with Crippen molar-refractivity contribution in [1.82, 2.24) is 24.5 Å². The molecule has 2 heterocycles. The Labute approximate surface area is 119 Å². The minimum atomic E-state index is -3.46. The molecule has 0 aliphatic carbocycles. The summed E-state index contributed by atoms with van der Waals surface area (Å²) in [6.07, 6.45) is 2.95. The van der Waals surface area contributed by atoms with Crippen LogP contribution < -0.4 is 10.0 Å². The molecule has 114 valence electrons. The SMILES string of the molecule is CCNCC1CCN(S(=O)(=O)NCc2ncon2)CC1. The maximum absolute atomic E-state index is 12.1. The van der Waals surface area contributed by atoms with Crippen LogP contribution in [-0.4, -0.2) is 49.0 Å². The maximum atomic E-state index is 12.1. The summed E-state index contributed by atoms with van der Waals surface area (Å²) in [6, 6.07) is 0. The van der Waals surface area contributed by atoms with E-state index in [1.165, 1.54) is 10.7 Å². The van der Waals surface area contributed by atoms with Gasteiger partial charge in [0.15, 0.2) is 5.82 Å². The van der Waals surface area contributed by atoms with Crippen LogP contribution in [0.5, 0.6) is 0 Å². The van der Waals surface area contributed by atoms with Gasteiger partial charge in [0.1, 0.15) is 0 Å². The van der Waals surface area contributed by atoms with Gasteiger partial charge in [-0.25, -0.2) is 0 Å². The molecular weight excluding hydrogens is 282 g/mol. The lowest BCUT2D eigenvalue weighted by Gasteiger charge is -2.31. The van der Waals surface area contributed by atoms with E-state index in [2.05, 4.69) is 31.6 Å². The standard InChI is InChI=1S/C11H21N5O3S/c1-2-12-7-10-3-5-16(6-4-10)20(17,18)14-8-11-13-9-19-15-11/h9-10,12,14H,2-8H2,1H3. The molecule has 1 aromatic rings. The Bertz CT molecular complexity index is 482. The molecule has 2 rings (SSSR count). The Morgan fingerprint density at radius 2 is 2.20 bits per heavy atom. The lowest BCUT2D eigenvalue weighted by atomic mass is 9.98. The van der Waals surface area contributed by atoms with Gasteiger partial charge in [0.25, 0.3) is 10.2 Å². The van der Waals surface area contributed by atoms with Gasteiger partial charge in [0.05, 0.1) is 6.54 Å². The number of hydrogen-bond acceptors (Lipinski definition) is 6. The molecule has 8 nitrogen and oxygen atoms in total. The molecule has 0 atom stereocenters. The van der Waals surface area contributed by atoms with Crippen LogP contribution in [0.15, 0.2) is 10.9 Å². The first-order chi connectivity index (χ1) is 9.62. The van der Waals surface area contributed by atoms with Gasteiger partial charge in [-0.05, 0) is 31.8 Å². The van der Waals surface area contributed by atoms with Gasteiger partial charge >= 0.3 is 0 Å². The van der Waals surface area contributed by atoms with Crippen LogP contribution in [0.2, 0.25) is 0 Å². The van der Waals surface area contributed by atoms with Gasteiger partial charge in [0, 0.05) is 13.1 Å². The molecule has 0 radical (unpaired) electrons. The van der Waals surface area contributed by atoms with Crippen molar-refractivity contribution in [1.29, 1.82) is 0 Å². The molecule has 2 N–H and O–H groups in total. The van der Waals surface area contributed by atoms with Crippen molar-refractivity contribution in [3.63, 3.8) is 0 Å². The Morgan fingerprint density at radius 1 is 1.45 bits per heavy atom. The quantitative estimate of drug-likeness (QED) is 0.719. The van der Waals surface area contributed by atoms with Gasteiger partial charge in [-0.3, -0.25) is 0 Å². The van der Waals surface area contributed by atoms with E-state index in [1.807, 2.05) is 0 Å². The van der Waals surface area contributed by atoms with E-state index in [4.69, 9.17) is 0 Å². The van der Waals surface area contributed by atoms with Crippen molar-refractivity contribution in [3.05, 3.63) is 12.2 Å². The number of rotatable bonds is 7. The number of piperidine rings is 1. The van der Waals surface area contributed by atoms with Crippen LogP contribution in [0, 0.1) is 5.92 Å². The highest BCUT2D eigenvalue weighted by molar-refractivity contribution is 7.87. The smallest absolute Gasteiger partial charge is 0.279 e. The summed E-state index contributed by atoms with van der Waals surface area (Å²) in [7, 11) is -3.46. The molecule has 9 heteroatoms. The fourth-order valence-corrected chi connectivity index (χ4v) is 3.41. The molecule has 0 bridgehead atoms. The topological polar surface area (TPSA) is 100 Å². The zero-order valence-corrected chi connectivity index (χ0v) is 12.4. The van der Waals surface area contributed by atoms with Crippen LogP contribution in [0.1, 0.15) is 25.6 Å². The van der Waals surface area contributed by atoms with Crippen LogP contribution in [0.25, 0.3) is 0 Å². The molecule has 0 spiro atoms. The van der Waals surface area contributed by atoms with Crippen molar-refractivity contribution < 1.29 is 12.9 Å². The summed E-state index contributed by atoms with van der Waals surface area (Å²) in [6.45, 7) is 5.14. The predicted molar refractivity (Wildman–Crippen MR) is 72.9 cm³/mol. The molecule has 1 fully saturated rings. The lowest BCUT2D eigenvalue weighted by molar-refractivity contribution is 0.266. The summed E-state index contributed by atoms with van der Waals surface area (Å²) < 4.78 is 32.8. The van der Waals surface area contributed by atoms with Crippen LogP contribution >= 0.6 is 0 Å². The zero-order chi connectivity index (χ0) is 14.4. The van der Waals surface area contributed by atoms with Gasteiger partial charge in [-0.1, -0.05) is 12.1 Å². The average molecular weight is 303 g/mol. The van der Waals surface area contributed by atoms with Crippen molar-refractivity contribution in [2.24, 2.45) is 5.92 Å². The molecule has 0 saturated carbocycles. The summed E-state index contributed by atoms with van der Waals surface area (Å²) in [5, 5.41) is 6.88. The van der Waals surface area contributed by atoms with Gasteiger partial charge in [-0.15, -0.1) is 0 Å². The van der Waals surface area contributed by atoms with E-state index in [0.717, 1.165) is 25.9 Å². The minimum Gasteiger partial charge on any atom is -0.343 e. The van der Waals surface area contributed by atoms with Crippen LogP contribution in [0.4, 0.5) is 0 Å². The van der Waals surface area contributed by atoms with E-state index in [0.29, 0.717) is 24.8 Å². The number of nitrogens with one attached hydrogen (secondary N) is 2. The Balaban J connectivity index is 1.79. The highest BCUT2D eigenvalue weighted by Gasteiger charge is 2.27. The fraction of sp³-hybridized carbons (Fsp3) is 0.818. The Morgan fingerprint density at radius 3 is 2.80 bits per heavy atom. The van der Waals surface area contributed by atoms with E-state index < -0.39 is 10.2 Å².